The summed E-state index contributed by atoms with van der Waals surface area (Å²) in [7, 11) is 3.92. The van der Waals surface area contributed by atoms with Crippen LogP contribution in [0.3, 0.4) is 0 Å². The number of aryl methyl sites for hydroxylation is 1. The average molecular weight is 384 g/mol. The number of anilines is 3. The number of aromatic nitrogens is 2. The molecule has 2 aliphatic heterocycles. The van der Waals surface area contributed by atoms with E-state index < -0.39 is 0 Å². The highest BCUT2D eigenvalue weighted by molar-refractivity contribution is 5.90. The number of nitrogens with one attached hydrogen (secondary N) is 1. The molecule has 3 heterocycles. The van der Waals surface area contributed by atoms with Crippen LogP contribution in [-0.4, -0.2) is 68.0 Å². The molecule has 0 saturated carbocycles. The van der Waals surface area contributed by atoms with E-state index in [1.165, 1.54) is 0 Å². The number of piperazine rings is 1. The number of carbonyl (C=O) groups excluding carboxylic acids is 1. The average Bonchev–Trinajstić information content (AvgIpc) is 3.15. The minimum atomic E-state index is -0.119. The highest BCUT2D eigenvalue weighted by Crippen LogP contribution is 2.34. The predicted octanol–water partition coefficient (Wildman–Crippen LogP) is 1.93. The lowest BCUT2D eigenvalue weighted by Gasteiger charge is -2.35. The maximum Gasteiger partial charge on any atom is 0.321 e. The van der Waals surface area contributed by atoms with E-state index in [1.807, 2.05) is 43.0 Å². The first-order chi connectivity index (χ1) is 13.5. The number of ether oxygens (including phenoxy) is 2. The number of hydrogen-bond donors (Lipinski definition) is 1. The Hall–Kier alpha value is -3.23. The maximum atomic E-state index is 12.6. The van der Waals surface area contributed by atoms with Crippen LogP contribution in [0.2, 0.25) is 0 Å². The fraction of sp³-hybridized carbons (Fsp3) is 0.421. The third kappa shape index (κ3) is 3.73. The van der Waals surface area contributed by atoms with Gasteiger partial charge in [-0.1, -0.05) is 0 Å². The summed E-state index contributed by atoms with van der Waals surface area (Å²) in [6.45, 7) is 4.79. The molecule has 28 heavy (non-hydrogen) atoms. The molecule has 2 aromatic rings. The van der Waals surface area contributed by atoms with Gasteiger partial charge >= 0.3 is 6.03 Å². The number of carbonyl (C=O) groups is 1. The van der Waals surface area contributed by atoms with Crippen LogP contribution < -0.4 is 24.6 Å². The van der Waals surface area contributed by atoms with Crippen LogP contribution in [0.1, 0.15) is 5.82 Å². The Morgan fingerprint density at radius 3 is 2.57 bits per heavy atom. The summed E-state index contributed by atoms with van der Waals surface area (Å²) in [5.74, 6) is 3.86. The van der Waals surface area contributed by atoms with Crippen LogP contribution in [-0.2, 0) is 0 Å². The molecule has 2 aliphatic rings. The molecule has 2 amide bonds. The molecule has 1 aromatic carbocycles. The molecule has 9 heteroatoms. The van der Waals surface area contributed by atoms with Gasteiger partial charge in [0, 0.05) is 58.1 Å². The molecule has 1 N–H and O–H groups in total. The third-order valence-electron chi connectivity index (χ3n) is 4.78. The smallest absolute Gasteiger partial charge is 0.321 e. The fourth-order valence-corrected chi connectivity index (χ4v) is 3.24. The quantitative estimate of drug-likeness (QED) is 0.866. The molecule has 148 valence electrons. The Morgan fingerprint density at radius 1 is 1.07 bits per heavy atom. The van der Waals surface area contributed by atoms with Crippen molar-refractivity contribution in [2.45, 2.75) is 6.92 Å². The molecule has 1 saturated heterocycles. The van der Waals surface area contributed by atoms with Crippen molar-refractivity contribution in [2.24, 2.45) is 0 Å². The summed E-state index contributed by atoms with van der Waals surface area (Å²) >= 11 is 0. The van der Waals surface area contributed by atoms with Crippen LogP contribution in [0.4, 0.5) is 22.1 Å². The number of fused-ring (bicyclic) bond motifs is 1. The molecule has 0 atom stereocenters. The van der Waals surface area contributed by atoms with Crippen LogP contribution in [0.25, 0.3) is 0 Å². The summed E-state index contributed by atoms with van der Waals surface area (Å²) in [5, 5.41) is 2.93. The van der Waals surface area contributed by atoms with Crippen molar-refractivity contribution in [1.82, 2.24) is 14.9 Å². The largest absolute Gasteiger partial charge is 0.454 e. The van der Waals surface area contributed by atoms with Gasteiger partial charge in [-0.3, -0.25) is 0 Å². The Morgan fingerprint density at radius 2 is 1.82 bits per heavy atom. The van der Waals surface area contributed by atoms with Crippen molar-refractivity contribution in [1.29, 1.82) is 0 Å². The fourth-order valence-electron chi connectivity index (χ4n) is 3.24. The van der Waals surface area contributed by atoms with Crippen molar-refractivity contribution < 1.29 is 14.3 Å². The molecule has 4 rings (SSSR count). The lowest BCUT2D eigenvalue weighted by Crippen LogP contribution is -2.50. The number of urea groups is 1. The van der Waals surface area contributed by atoms with Gasteiger partial charge in [-0.15, -0.1) is 0 Å². The van der Waals surface area contributed by atoms with Gasteiger partial charge in [-0.25, -0.2) is 14.8 Å². The van der Waals surface area contributed by atoms with Crippen LogP contribution in [0.5, 0.6) is 11.5 Å². The molecule has 0 aliphatic carbocycles. The molecule has 1 fully saturated rings. The van der Waals surface area contributed by atoms with Crippen molar-refractivity contribution in [2.75, 3.05) is 62.2 Å². The van der Waals surface area contributed by atoms with Crippen molar-refractivity contribution in [3.05, 3.63) is 30.1 Å². The zero-order valence-electron chi connectivity index (χ0n) is 16.3. The Bertz CT molecular complexity index is 880. The van der Waals surface area contributed by atoms with Gasteiger partial charge in [-0.05, 0) is 19.1 Å². The minimum Gasteiger partial charge on any atom is -0.454 e. The van der Waals surface area contributed by atoms with Gasteiger partial charge in [0.1, 0.15) is 17.5 Å². The van der Waals surface area contributed by atoms with E-state index >= 15 is 0 Å². The second kappa shape index (κ2) is 7.41. The minimum absolute atomic E-state index is 0.119. The van der Waals surface area contributed by atoms with Gasteiger partial charge in [0.05, 0.1) is 0 Å². The van der Waals surface area contributed by atoms with Crippen molar-refractivity contribution in [3.63, 3.8) is 0 Å². The second-order valence-corrected chi connectivity index (χ2v) is 7.00. The van der Waals surface area contributed by atoms with Crippen molar-refractivity contribution >= 4 is 23.4 Å². The second-order valence-electron chi connectivity index (χ2n) is 7.00. The molecular weight excluding hydrogens is 360 g/mol. The van der Waals surface area contributed by atoms with E-state index in [9.17, 15) is 4.79 Å². The Balaban J connectivity index is 1.37. The highest BCUT2D eigenvalue weighted by Gasteiger charge is 2.23. The van der Waals surface area contributed by atoms with Crippen LogP contribution >= 0.6 is 0 Å². The molecule has 0 bridgehead atoms. The van der Waals surface area contributed by atoms with Crippen LogP contribution in [0.15, 0.2) is 24.3 Å². The molecule has 1 aromatic heterocycles. The number of benzene rings is 1. The first kappa shape index (κ1) is 18.1. The standard InChI is InChI=1S/C19H24N6O3/c1-13-20-17(23(2)3)11-18(21-13)24-6-8-25(9-7-24)19(26)22-14-4-5-15-16(10-14)28-12-27-15/h4-5,10-11H,6-9,12H2,1-3H3,(H,22,26). The maximum absolute atomic E-state index is 12.6. The first-order valence-electron chi connectivity index (χ1n) is 9.23. The number of nitrogens with zero attached hydrogens (tertiary/aromatic N) is 5. The van der Waals surface area contributed by atoms with Gasteiger partial charge in [0.2, 0.25) is 6.79 Å². The molecular formula is C19H24N6O3. The zero-order valence-corrected chi connectivity index (χ0v) is 16.3. The SMILES string of the molecule is Cc1nc(N(C)C)cc(N2CCN(C(=O)Nc3ccc4c(c3)OCO4)CC2)n1. The highest BCUT2D eigenvalue weighted by atomic mass is 16.7. The van der Waals surface area contributed by atoms with E-state index in [0.29, 0.717) is 30.3 Å². The van der Waals surface area contributed by atoms with Crippen LogP contribution in [0, 0.1) is 6.92 Å². The topological polar surface area (TPSA) is 83.1 Å². The molecule has 0 unspecified atom stereocenters. The van der Waals surface area contributed by atoms with E-state index in [0.717, 1.165) is 30.5 Å². The first-order valence-corrected chi connectivity index (χ1v) is 9.23. The summed E-state index contributed by atoms with van der Waals surface area (Å²) in [6.07, 6.45) is 0. The third-order valence-corrected chi connectivity index (χ3v) is 4.78. The molecule has 0 spiro atoms. The van der Waals surface area contributed by atoms with Gasteiger partial charge in [-0.2, -0.15) is 0 Å². The van der Waals surface area contributed by atoms with E-state index in [1.54, 1.807) is 12.1 Å². The summed E-state index contributed by atoms with van der Waals surface area (Å²) < 4.78 is 10.7. The molecule has 9 nitrogen and oxygen atoms in total. The van der Waals surface area contributed by atoms with E-state index in [-0.39, 0.29) is 12.8 Å². The van der Waals surface area contributed by atoms with E-state index in [4.69, 9.17) is 9.47 Å². The number of amides is 2. The Labute approximate surface area is 163 Å². The normalized spacial score (nSPS) is 15.5. The van der Waals surface area contributed by atoms with E-state index in [2.05, 4.69) is 20.2 Å². The predicted molar refractivity (Wildman–Crippen MR) is 106 cm³/mol. The lowest BCUT2D eigenvalue weighted by atomic mass is 10.2. The van der Waals surface area contributed by atoms with Crippen molar-refractivity contribution in [3.8, 4) is 11.5 Å². The Kier molecular flexibility index (Phi) is 4.81. The monoisotopic (exact) mass is 384 g/mol. The zero-order chi connectivity index (χ0) is 19.7. The number of rotatable bonds is 3. The lowest BCUT2D eigenvalue weighted by molar-refractivity contribution is 0.174. The number of hydrogen-bond acceptors (Lipinski definition) is 7. The van der Waals surface area contributed by atoms with Gasteiger partial charge < -0.3 is 29.5 Å². The summed E-state index contributed by atoms with van der Waals surface area (Å²) in [4.78, 5) is 27.6. The van der Waals surface area contributed by atoms with Gasteiger partial charge in [0.25, 0.3) is 0 Å². The summed E-state index contributed by atoms with van der Waals surface area (Å²) in [5.41, 5.74) is 0.693. The van der Waals surface area contributed by atoms with Gasteiger partial charge in [0.15, 0.2) is 11.5 Å². The summed E-state index contributed by atoms with van der Waals surface area (Å²) in [6, 6.07) is 7.26. The molecule has 0 radical (unpaired) electrons.